The van der Waals surface area contributed by atoms with E-state index in [2.05, 4.69) is 0 Å². The van der Waals surface area contributed by atoms with Crippen molar-refractivity contribution in [1.29, 1.82) is 0 Å². The molecule has 0 aromatic heterocycles. The van der Waals surface area contributed by atoms with Gasteiger partial charge in [0.1, 0.15) is 0 Å². The first-order valence-corrected chi connectivity index (χ1v) is 9.91. The number of likely N-dealkylation sites (tertiary alicyclic amines) is 1. The Balaban J connectivity index is 1.69. The number of benzene rings is 2. The highest BCUT2D eigenvalue weighted by Gasteiger charge is 2.35. The largest absolute Gasteiger partial charge is 0.338 e. The second-order valence-electron chi connectivity index (χ2n) is 5.91. The zero-order chi connectivity index (χ0) is 17.9. The lowest BCUT2D eigenvalue weighted by atomic mass is 10.2. The van der Waals surface area contributed by atoms with Crippen molar-refractivity contribution in [3.63, 3.8) is 0 Å². The SMILES string of the molecule is O=C(/C=C/c1ccccc1Cl)N1CCC(S(=O)(=O)c2ccccc2)C1. The molecule has 0 saturated carbocycles. The van der Waals surface area contributed by atoms with Gasteiger partial charge in [-0.05, 0) is 36.3 Å². The van der Waals surface area contributed by atoms with E-state index in [9.17, 15) is 13.2 Å². The zero-order valence-corrected chi connectivity index (χ0v) is 15.1. The van der Waals surface area contributed by atoms with Crippen molar-refractivity contribution < 1.29 is 13.2 Å². The first-order chi connectivity index (χ1) is 12.0. The molecule has 0 radical (unpaired) electrons. The van der Waals surface area contributed by atoms with E-state index in [1.165, 1.54) is 6.08 Å². The highest BCUT2D eigenvalue weighted by molar-refractivity contribution is 7.92. The lowest BCUT2D eigenvalue weighted by Crippen LogP contribution is -2.30. The minimum atomic E-state index is -3.42. The minimum absolute atomic E-state index is 0.203. The average molecular weight is 376 g/mol. The minimum Gasteiger partial charge on any atom is -0.338 e. The number of carbonyl (C=O) groups excluding carboxylic acids is 1. The number of hydrogen-bond donors (Lipinski definition) is 0. The molecule has 0 bridgehead atoms. The molecule has 0 spiro atoms. The molecule has 2 aromatic rings. The van der Waals surface area contributed by atoms with E-state index < -0.39 is 15.1 Å². The molecule has 6 heteroatoms. The highest BCUT2D eigenvalue weighted by Crippen LogP contribution is 2.24. The molecule has 0 N–H and O–H groups in total. The van der Waals surface area contributed by atoms with E-state index in [0.717, 1.165) is 5.56 Å². The number of hydrogen-bond acceptors (Lipinski definition) is 3. The maximum Gasteiger partial charge on any atom is 0.246 e. The Morgan fingerprint density at radius 2 is 1.76 bits per heavy atom. The summed E-state index contributed by atoms with van der Waals surface area (Å²) in [6, 6.07) is 15.6. The smallest absolute Gasteiger partial charge is 0.246 e. The second-order valence-corrected chi connectivity index (χ2v) is 8.54. The molecule has 1 fully saturated rings. The number of rotatable bonds is 4. The van der Waals surface area contributed by atoms with Crippen molar-refractivity contribution in [3.05, 3.63) is 71.3 Å². The number of sulfone groups is 1. The van der Waals surface area contributed by atoms with E-state index in [1.54, 1.807) is 47.4 Å². The third kappa shape index (κ3) is 3.94. The third-order valence-electron chi connectivity index (χ3n) is 4.28. The van der Waals surface area contributed by atoms with Crippen molar-refractivity contribution in [2.45, 2.75) is 16.6 Å². The topological polar surface area (TPSA) is 54.5 Å². The summed E-state index contributed by atoms with van der Waals surface area (Å²) in [7, 11) is -3.42. The fraction of sp³-hybridized carbons (Fsp3) is 0.211. The molecule has 1 atom stereocenters. The number of halogens is 1. The molecule has 2 aromatic carbocycles. The van der Waals surface area contributed by atoms with Gasteiger partial charge in [-0.2, -0.15) is 0 Å². The Bertz CT molecular complexity index is 894. The van der Waals surface area contributed by atoms with Gasteiger partial charge in [0.15, 0.2) is 9.84 Å². The summed E-state index contributed by atoms with van der Waals surface area (Å²) in [4.78, 5) is 14.2. The van der Waals surface area contributed by atoms with Gasteiger partial charge in [-0.3, -0.25) is 4.79 Å². The summed E-state index contributed by atoms with van der Waals surface area (Å²) in [6.07, 6.45) is 3.55. The van der Waals surface area contributed by atoms with E-state index in [0.29, 0.717) is 22.9 Å². The molecule has 4 nitrogen and oxygen atoms in total. The summed E-state index contributed by atoms with van der Waals surface area (Å²) in [6.45, 7) is 0.644. The summed E-state index contributed by atoms with van der Waals surface area (Å²) >= 11 is 6.06. The van der Waals surface area contributed by atoms with Crippen molar-refractivity contribution in [1.82, 2.24) is 4.90 Å². The highest BCUT2D eigenvalue weighted by atomic mass is 35.5. The molecule has 0 aliphatic carbocycles. The fourth-order valence-electron chi connectivity index (χ4n) is 2.86. The molecular weight excluding hydrogens is 358 g/mol. The van der Waals surface area contributed by atoms with E-state index in [4.69, 9.17) is 11.6 Å². The molecule has 1 unspecified atom stereocenters. The monoisotopic (exact) mass is 375 g/mol. The van der Waals surface area contributed by atoms with Gasteiger partial charge < -0.3 is 4.90 Å². The summed E-state index contributed by atoms with van der Waals surface area (Å²) in [5, 5.41) is 0.00469. The van der Waals surface area contributed by atoms with Crippen LogP contribution >= 0.6 is 11.6 Å². The van der Waals surface area contributed by atoms with Crippen LogP contribution in [0.15, 0.2) is 65.6 Å². The Hall–Kier alpha value is -2.11. The summed E-state index contributed by atoms with van der Waals surface area (Å²) in [5.74, 6) is -0.203. The van der Waals surface area contributed by atoms with Crippen molar-refractivity contribution in [3.8, 4) is 0 Å². The van der Waals surface area contributed by atoms with Gasteiger partial charge in [-0.25, -0.2) is 8.42 Å². The number of carbonyl (C=O) groups is 1. The summed E-state index contributed by atoms with van der Waals surface area (Å²) < 4.78 is 25.3. The van der Waals surface area contributed by atoms with Gasteiger partial charge in [0.05, 0.1) is 10.1 Å². The van der Waals surface area contributed by atoms with Crippen LogP contribution in [0.5, 0.6) is 0 Å². The summed E-state index contributed by atoms with van der Waals surface area (Å²) in [5.41, 5.74) is 0.755. The molecule has 1 aliphatic heterocycles. The van der Waals surface area contributed by atoms with E-state index in [1.807, 2.05) is 18.2 Å². The van der Waals surface area contributed by atoms with Crippen LogP contribution in [-0.2, 0) is 14.6 Å². The van der Waals surface area contributed by atoms with Crippen LogP contribution in [-0.4, -0.2) is 37.6 Å². The van der Waals surface area contributed by atoms with Crippen molar-refractivity contribution in [2.24, 2.45) is 0 Å². The van der Waals surface area contributed by atoms with Crippen LogP contribution in [0.2, 0.25) is 5.02 Å². The Morgan fingerprint density at radius 3 is 2.48 bits per heavy atom. The van der Waals surface area contributed by atoms with E-state index in [-0.39, 0.29) is 12.5 Å². The Morgan fingerprint density at radius 1 is 1.08 bits per heavy atom. The lowest BCUT2D eigenvalue weighted by molar-refractivity contribution is -0.124. The fourth-order valence-corrected chi connectivity index (χ4v) is 4.77. The predicted octanol–water partition coefficient (Wildman–Crippen LogP) is 3.43. The van der Waals surface area contributed by atoms with Crippen LogP contribution in [0.3, 0.4) is 0 Å². The van der Waals surface area contributed by atoms with Crippen LogP contribution in [0.4, 0.5) is 0 Å². The molecule has 1 heterocycles. The van der Waals surface area contributed by atoms with Crippen molar-refractivity contribution >= 4 is 33.4 Å². The lowest BCUT2D eigenvalue weighted by Gasteiger charge is -2.15. The van der Waals surface area contributed by atoms with Gasteiger partial charge in [0.25, 0.3) is 0 Å². The maximum atomic E-state index is 12.7. The molecule has 1 saturated heterocycles. The quantitative estimate of drug-likeness (QED) is 0.769. The second kappa shape index (κ2) is 7.42. The van der Waals surface area contributed by atoms with Crippen LogP contribution < -0.4 is 0 Å². The van der Waals surface area contributed by atoms with Crippen LogP contribution in [0.25, 0.3) is 6.08 Å². The first kappa shape index (κ1) is 17.7. The molecular formula is C19H18ClNO3S. The average Bonchev–Trinajstić information content (AvgIpc) is 3.12. The van der Waals surface area contributed by atoms with Crippen LogP contribution in [0.1, 0.15) is 12.0 Å². The van der Waals surface area contributed by atoms with Gasteiger partial charge in [0, 0.05) is 24.2 Å². The van der Waals surface area contributed by atoms with Gasteiger partial charge >= 0.3 is 0 Å². The molecule has 1 amide bonds. The molecule has 3 rings (SSSR count). The molecule has 130 valence electrons. The van der Waals surface area contributed by atoms with E-state index >= 15 is 0 Å². The normalized spacial score (nSPS) is 18.0. The standard InChI is InChI=1S/C19H18ClNO3S/c20-18-9-5-4-6-15(18)10-11-19(22)21-13-12-17(14-21)25(23,24)16-7-2-1-3-8-16/h1-11,17H,12-14H2/b11-10+. The Kier molecular flexibility index (Phi) is 5.25. The predicted molar refractivity (Wildman–Crippen MR) is 99.1 cm³/mol. The number of amides is 1. The Labute approximate surface area is 152 Å². The van der Waals surface area contributed by atoms with Gasteiger partial charge in [-0.15, -0.1) is 0 Å². The number of nitrogens with zero attached hydrogens (tertiary/aromatic N) is 1. The van der Waals surface area contributed by atoms with Gasteiger partial charge in [0.2, 0.25) is 5.91 Å². The first-order valence-electron chi connectivity index (χ1n) is 7.99. The van der Waals surface area contributed by atoms with Crippen LogP contribution in [0, 0.1) is 0 Å². The zero-order valence-electron chi connectivity index (χ0n) is 13.5. The van der Waals surface area contributed by atoms with Crippen molar-refractivity contribution in [2.75, 3.05) is 13.1 Å². The molecule has 1 aliphatic rings. The molecule has 25 heavy (non-hydrogen) atoms. The third-order valence-corrected chi connectivity index (χ3v) is 6.81. The maximum absolute atomic E-state index is 12.7. The van der Waals surface area contributed by atoms with Gasteiger partial charge in [-0.1, -0.05) is 48.0 Å².